The molecule has 392 valence electrons. The van der Waals surface area contributed by atoms with Gasteiger partial charge in [0, 0.05) is 19.3 Å². The van der Waals surface area contributed by atoms with Gasteiger partial charge in [0.25, 0.3) is 0 Å². The maximum absolute atomic E-state index is 12.8. The topological polar surface area (TPSA) is 78.9 Å². The Kier molecular flexibility index (Phi) is 53.4. The Labute approximate surface area is 425 Å². The molecule has 0 unspecified atom stereocenters. The lowest BCUT2D eigenvalue weighted by molar-refractivity contribution is -0.166. The molecule has 0 bridgehead atoms. The predicted molar refractivity (Wildman–Crippen MR) is 297 cm³/mol. The number of carbonyl (C=O) groups is 3. The molecule has 0 aromatic rings. The van der Waals surface area contributed by atoms with E-state index >= 15 is 0 Å². The van der Waals surface area contributed by atoms with Crippen LogP contribution in [0.2, 0.25) is 0 Å². The molecule has 6 heteroatoms. The van der Waals surface area contributed by atoms with Crippen molar-refractivity contribution in [2.75, 3.05) is 13.2 Å². The second kappa shape index (κ2) is 56.7. The Morgan fingerprint density at radius 2 is 0.594 bits per heavy atom. The van der Waals surface area contributed by atoms with Crippen LogP contribution in [0, 0.1) is 0 Å². The first-order valence-corrected chi connectivity index (χ1v) is 28.4. The van der Waals surface area contributed by atoms with Gasteiger partial charge in [-0.2, -0.15) is 0 Å². The largest absolute Gasteiger partial charge is 0.462 e. The fourth-order valence-electron chi connectivity index (χ4n) is 7.49. The van der Waals surface area contributed by atoms with Gasteiger partial charge in [-0.15, -0.1) is 0 Å². The predicted octanol–water partition coefficient (Wildman–Crippen LogP) is 19.1. The molecule has 0 rings (SSSR count). The van der Waals surface area contributed by atoms with Crippen molar-refractivity contribution in [3.8, 4) is 0 Å². The van der Waals surface area contributed by atoms with Crippen molar-refractivity contribution in [3.63, 3.8) is 0 Å². The van der Waals surface area contributed by atoms with E-state index in [9.17, 15) is 14.4 Å². The summed E-state index contributed by atoms with van der Waals surface area (Å²) in [5.74, 6) is -1.02. The van der Waals surface area contributed by atoms with Crippen LogP contribution in [0.5, 0.6) is 0 Å². The van der Waals surface area contributed by atoms with Gasteiger partial charge in [0.15, 0.2) is 6.10 Å². The van der Waals surface area contributed by atoms with E-state index in [0.29, 0.717) is 19.3 Å². The van der Waals surface area contributed by atoms with Crippen LogP contribution in [-0.4, -0.2) is 37.2 Å². The van der Waals surface area contributed by atoms with Crippen molar-refractivity contribution in [2.24, 2.45) is 0 Å². The van der Waals surface area contributed by atoms with Gasteiger partial charge in [-0.3, -0.25) is 14.4 Å². The fraction of sp³-hybridized carbons (Fsp3) is 0.667. The summed E-state index contributed by atoms with van der Waals surface area (Å²) in [6.07, 6.45) is 76.6. The number of carbonyl (C=O) groups excluding carboxylic acids is 3. The Hall–Kier alpha value is -3.93. The molecule has 0 aliphatic rings. The van der Waals surface area contributed by atoms with Crippen molar-refractivity contribution in [3.05, 3.63) is 109 Å². The molecule has 0 spiro atoms. The maximum atomic E-state index is 12.8. The molecule has 0 aromatic carbocycles. The highest BCUT2D eigenvalue weighted by Gasteiger charge is 2.19. The van der Waals surface area contributed by atoms with Crippen LogP contribution in [0.1, 0.15) is 252 Å². The summed E-state index contributed by atoms with van der Waals surface area (Å²) in [4.78, 5) is 38.1. The third-order valence-electron chi connectivity index (χ3n) is 11.7. The number of hydrogen-bond donors (Lipinski definition) is 0. The van der Waals surface area contributed by atoms with Crippen molar-refractivity contribution in [2.45, 2.75) is 258 Å². The van der Waals surface area contributed by atoms with Crippen LogP contribution in [-0.2, 0) is 28.6 Å². The lowest BCUT2D eigenvalue weighted by atomic mass is 10.1. The van der Waals surface area contributed by atoms with Crippen LogP contribution in [0.15, 0.2) is 109 Å². The first-order valence-electron chi connectivity index (χ1n) is 28.4. The van der Waals surface area contributed by atoms with Crippen molar-refractivity contribution < 1.29 is 28.6 Å². The van der Waals surface area contributed by atoms with Crippen molar-refractivity contribution in [1.82, 2.24) is 0 Å². The molecular weight excluding hydrogens is 853 g/mol. The SMILES string of the molecule is CC/C=C\C/C=C\C/C=C\C/C=C\C/C=C\C/C=C\CCC(=O)O[C@H](COC(=O)CCCCCCC/C=C\C/C=C\CCCCC)COC(=O)CCCCCCCCC/C=C\CCCCCCCC. The monoisotopic (exact) mass is 957 g/mol. The van der Waals surface area contributed by atoms with Gasteiger partial charge >= 0.3 is 17.9 Å². The number of hydrogen-bond acceptors (Lipinski definition) is 6. The van der Waals surface area contributed by atoms with Gasteiger partial charge < -0.3 is 14.2 Å². The molecule has 0 saturated heterocycles. The molecule has 0 aliphatic carbocycles. The Bertz CT molecular complexity index is 1420. The Morgan fingerprint density at radius 3 is 0.986 bits per heavy atom. The third-order valence-corrected chi connectivity index (χ3v) is 11.7. The molecule has 1 atom stereocenters. The van der Waals surface area contributed by atoms with Gasteiger partial charge in [-0.05, 0) is 116 Å². The molecule has 0 N–H and O–H groups in total. The van der Waals surface area contributed by atoms with E-state index in [1.807, 2.05) is 12.2 Å². The summed E-state index contributed by atoms with van der Waals surface area (Å²) in [5, 5.41) is 0. The average molecular weight is 958 g/mol. The minimum Gasteiger partial charge on any atom is -0.462 e. The molecule has 0 saturated carbocycles. The summed E-state index contributed by atoms with van der Waals surface area (Å²) in [5.41, 5.74) is 0. The van der Waals surface area contributed by atoms with Crippen LogP contribution in [0.25, 0.3) is 0 Å². The van der Waals surface area contributed by atoms with Crippen LogP contribution < -0.4 is 0 Å². The zero-order chi connectivity index (χ0) is 50.0. The molecular formula is C63H104O6. The quantitative estimate of drug-likeness (QED) is 0.0262. The van der Waals surface area contributed by atoms with Crippen molar-refractivity contribution >= 4 is 17.9 Å². The number of allylic oxidation sites excluding steroid dienone is 18. The number of esters is 3. The summed E-state index contributed by atoms with van der Waals surface area (Å²) in [6, 6.07) is 0. The van der Waals surface area contributed by atoms with Crippen LogP contribution >= 0.6 is 0 Å². The standard InChI is InChI=1S/C63H104O6/c1-4-7-10-13-16-19-22-25-28-30-31-33-36-39-42-45-48-51-54-57-63(66)69-60(58-67-61(64)55-52-49-46-43-40-37-34-27-24-21-18-15-12-9-6-3)59-68-62(65)56-53-50-47-44-41-38-35-32-29-26-23-20-17-14-11-8-5-2/h7,10,16,18-19,21,25-29,31,33-34,39,42,48,51,60H,4-6,8-9,11-15,17,20,22-24,30,32,35-38,40-41,43-47,49-50,52-59H2,1-3H3/b10-7-,19-16-,21-18-,28-25-,29-26-,33-31-,34-27-,42-39-,51-48-/t60-/m1/s1. The van der Waals surface area contributed by atoms with E-state index in [2.05, 4.69) is 118 Å². The van der Waals surface area contributed by atoms with E-state index in [1.54, 1.807) is 0 Å². The summed E-state index contributed by atoms with van der Waals surface area (Å²) in [7, 11) is 0. The highest BCUT2D eigenvalue weighted by Crippen LogP contribution is 2.14. The molecule has 0 heterocycles. The molecule has 0 aromatic heterocycles. The molecule has 0 fully saturated rings. The highest BCUT2D eigenvalue weighted by molar-refractivity contribution is 5.71. The van der Waals surface area contributed by atoms with E-state index in [4.69, 9.17) is 14.2 Å². The normalized spacial score (nSPS) is 12.9. The number of rotatable bonds is 50. The minimum absolute atomic E-state index is 0.116. The van der Waals surface area contributed by atoms with Gasteiger partial charge in [0.2, 0.25) is 0 Å². The van der Waals surface area contributed by atoms with E-state index in [0.717, 1.165) is 103 Å². The Morgan fingerprint density at radius 1 is 0.304 bits per heavy atom. The van der Waals surface area contributed by atoms with Gasteiger partial charge in [0.05, 0.1) is 0 Å². The molecule has 0 amide bonds. The first kappa shape index (κ1) is 65.1. The average Bonchev–Trinajstić information content (AvgIpc) is 3.35. The molecule has 0 radical (unpaired) electrons. The van der Waals surface area contributed by atoms with Gasteiger partial charge in [-0.1, -0.05) is 226 Å². The second-order valence-electron chi connectivity index (χ2n) is 18.5. The number of unbranched alkanes of at least 4 members (excludes halogenated alkanes) is 21. The van der Waals surface area contributed by atoms with E-state index in [-0.39, 0.29) is 31.6 Å². The third kappa shape index (κ3) is 54.9. The second-order valence-corrected chi connectivity index (χ2v) is 18.5. The van der Waals surface area contributed by atoms with Crippen LogP contribution in [0.3, 0.4) is 0 Å². The van der Waals surface area contributed by atoms with E-state index in [1.165, 1.54) is 103 Å². The molecule has 0 aliphatic heterocycles. The summed E-state index contributed by atoms with van der Waals surface area (Å²) < 4.78 is 16.8. The summed E-state index contributed by atoms with van der Waals surface area (Å²) >= 11 is 0. The maximum Gasteiger partial charge on any atom is 0.306 e. The minimum atomic E-state index is -0.828. The molecule has 6 nitrogen and oxygen atoms in total. The summed E-state index contributed by atoms with van der Waals surface area (Å²) in [6.45, 7) is 6.42. The smallest absolute Gasteiger partial charge is 0.306 e. The lowest BCUT2D eigenvalue weighted by Crippen LogP contribution is -2.30. The molecule has 69 heavy (non-hydrogen) atoms. The lowest BCUT2D eigenvalue weighted by Gasteiger charge is -2.18. The highest BCUT2D eigenvalue weighted by atomic mass is 16.6. The Balaban J connectivity index is 4.54. The first-order chi connectivity index (χ1) is 34.0. The number of ether oxygens (including phenoxy) is 3. The van der Waals surface area contributed by atoms with Gasteiger partial charge in [0.1, 0.15) is 13.2 Å². The van der Waals surface area contributed by atoms with Crippen LogP contribution in [0.4, 0.5) is 0 Å². The zero-order valence-electron chi connectivity index (χ0n) is 44.8. The van der Waals surface area contributed by atoms with E-state index < -0.39 is 12.1 Å². The van der Waals surface area contributed by atoms with Gasteiger partial charge in [-0.25, -0.2) is 0 Å². The fourth-order valence-corrected chi connectivity index (χ4v) is 7.49. The zero-order valence-corrected chi connectivity index (χ0v) is 44.8. The van der Waals surface area contributed by atoms with Crippen molar-refractivity contribution in [1.29, 1.82) is 0 Å².